The third kappa shape index (κ3) is 4.29. The summed E-state index contributed by atoms with van der Waals surface area (Å²) < 4.78 is 53.6. The van der Waals surface area contributed by atoms with Gasteiger partial charge in [-0.05, 0) is 33.3 Å². The number of rotatable bonds is 3. The maximum atomic E-state index is 13.2. The second kappa shape index (κ2) is 6.16. The van der Waals surface area contributed by atoms with Crippen molar-refractivity contribution < 1.29 is 17.4 Å². The quantitative estimate of drug-likeness (QED) is 0.825. The summed E-state index contributed by atoms with van der Waals surface area (Å²) in [6.07, 6.45) is -4.63. The van der Waals surface area contributed by atoms with E-state index in [1.54, 1.807) is 20.8 Å². The Morgan fingerprint density at radius 2 is 1.86 bits per heavy atom. The molecule has 1 aromatic rings. The number of nitrogens with zero attached hydrogens (tertiary/aromatic N) is 1. The molecule has 1 N–H and O–H groups in total. The van der Waals surface area contributed by atoms with Gasteiger partial charge in [0.1, 0.15) is 0 Å². The molecule has 0 spiro atoms. The van der Waals surface area contributed by atoms with Crippen molar-refractivity contribution in [3.8, 4) is 0 Å². The highest BCUT2D eigenvalue weighted by Crippen LogP contribution is 2.41. The van der Waals surface area contributed by atoms with Crippen molar-refractivity contribution in [2.24, 2.45) is 0 Å². The van der Waals surface area contributed by atoms with E-state index in [4.69, 9.17) is 6.57 Å². The van der Waals surface area contributed by atoms with Crippen LogP contribution in [0.25, 0.3) is 4.85 Å². The summed E-state index contributed by atoms with van der Waals surface area (Å²) in [7, 11) is -1.51. The molecule has 1 unspecified atom stereocenters. The van der Waals surface area contributed by atoms with E-state index in [1.807, 2.05) is 0 Å². The predicted octanol–water partition coefficient (Wildman–Crippen LogP) is 4.37. The summed E-state index contributed by atoms with van der Waals surface area (Å²) in [5.41, 5.74) is -1.49. The Morgan fingerprint density at radius 3 is 2.29 bits per heavy atom. The highest BCUT2D eigenvalue weighted by molar-refractivity contribution is 7.84. The van der Waals surface area contributed by atoms with Crippen LogP contribution in [-0.2, 0) is 17.2 Å². The molecule has 3 nitrogen and oxygen atoms in total. The largest absolute Gasteiger partial charge is 0.407 e. The maximum absolute atomic E-state index is 13.2. The molecule has 0 aromatic heterocycles. The molecule has 7 heteroatoms. The van der Waals surface area contributed by atoms with Gasteiger partial charge in [-0.1, -0.05) is 18.2 Å². The fourth-order valence-electron chi connectivity index (χ4n) is 1.72. The summed E-state index contributed by atoms with van der Waals surface area (Å²) in [6, 6.07) is 3.04. The smallest absolute Gasteiger partial charge is 0.242 e. The number of hydrogen-bond acceptors (Lipinski definition) is 1. The topological polar surface area (TPSA) is 33.5 Å². The Balaban J connectivity index is 3.26. The number of nitrogens with one attached hydrogen (secondary N) is 1. The van der Waals surface area contributed by atoms with Gasteiger partial charge in [0.05, 0.1) is 27.9 Å². The van der Waals surface area contributed by atoms with Crippen molar-refractivity contribution in [2.45, 2.75) is 44.7 Å². The molecule has 1 aromatic carbocycles. The molecule has 116 valence electrons. The lowest BCUT2D eigenvalue weighted by Crippen LogP contribution is -2.35. The summed E-state index contributed by atoms with van der Waals surface area (Å²) in [5.74, 6) is 0. The van der Waals surface area contributed by atoms with E-state index in [2.05, 4.69) is 9.57 Å². The molecule has 0 saturated heterocycles. The van der Waals surface area contributed by atoms with Crippen LogP contribution in [0.4, 0.5) is 18.9 Å². The molecule has 1 rings (SSSR count). The summed E-state index contributed by atoms with van der Waals surface area (Å²) in [6.45, 7) is 13.6. The van der Waals surface area contributed by atoms with Crippen molar-refractivity contribution >= 4 is 16.7 Å². The fraction of sp³-hybridized carbons (Fsp3) is 0.500. The van der Waals surface area contributed by atoms with Crippen LogP contribution in [0.5, 0.6) is 0 Å². The first-order valence-corrected chi connectivity index (χ1v) is 7.39. The highest BCUT2D eigenvalue weighted by Gasteiger charge is 2.37. The monoisotopic (exact) mass is 318 g/mol. The summed E-state index contributed by atoms with van der Waals surface area (Å²) in [4.78, 5) is 2.93. The van der Waals surface area contributed by atoms with Crippen LogP contribution in [0.2, 0.25) is 0 Å². The molecule has 0 amide bonds. The Hall–Kier alpha value is -1.39. The zero-order chi connectivity index (χ0) is 16.4. The van der Waals surface area contributed by atoms with Gasteiger partial charge >= 0.3 is 6.18 Å². The minimum atomic E-state index is -4.63. The Morgan fingerprint density at radius 1 is 1.29 bits per heavy atom. The number of hydrogen-bond donors (Lipinski definition) is 1. The third-order valence-corrected chi connectivity index (χ3v) is 4.47. The van der Waals surface area contributed by atoms with Gasteiger partial charge in [0.25, 0.3) is 0 Å². The van der Waals surface area contributed by atoms with Crippen molar-refractivity contribution in [1.82, 2.24) is 4.72 Å². The summed E-state index contributed by atoms with van der Waals surface area (Å²) in [5, 5.41) is 0. The molecule has 21 heavy (non-hydrogen) atoms. The van der Waals surface area contributed by atoms with Crippen LogP contribution in [-0.4, -0.2) is 8.96 Å². The van der Waals surface area contributed by atoms with E-state index >= 15 is 0 Å². The van der Waals surface area contributed by atoms with Crippen molar-refractivity contribution in [3.63, 3.8) is 0 Å². The van der Waals surface area contributed by atoms with E-state index in [0.717, 1.165) is 6.07 Å². The normalized spacial score (nSPS) is 15.3. The van der Waals surface area contributed by atoms with E-state index in [9.17, 15) is 17.4 Å². The highest BCUT2D eigenvalue weighted by atomic mass is 32.2. The summed E-state index contributed by atoms with van der Waals surface area (Å²) >= 11 is 0. The number of halogens is 3. The SMILES string of the molecule is [C-]#[N+]c1cccc(C(C)N[S@](=O)C(C)(C)C)c1C(F)(F)F. The van der Waals surface area contributed by atoms with E-state index in [-0.39, 0.29) is 5.56 Å². The van der Waals surface area contributed by atoms with Crippen LogP contribution < -0.4 is 4.72 Å². The van der Waals surface area contributed by atoms with Gasteiger partial charge in [-0.3, -0.25) is 0 Å². The molecular formula is C14H17F3N2OS. The van der Waals surface area contributed by atoms with Crippen LogP contribution in [0, 0.1) is 6.57 Å². The second-order valence-corrected chi connectivity index (χ2v) is 7.57. The van der Waals surface area contributed by atoms with Crippen LogP contribution in [0.1, 0.15) is 44.9 Å². The fourth-order valence-corrected chi connectivity index (χ4v) is 2.52. The van der Waals surface area contributed by atoms with E-state index in [1.165, 1.54) is 19.1 Å². The van der Waals surface area contributed by atoms with E-state index < -0.39 is 39.2 Å². The lowest BCUT2D eigenvalue weighted by Gasteiger charge is -2.24. The van der Waals surface area contributed by atoms with Crippen molar-refractivity contribution in [1.29, 1.82) is 0 Å². The molecule has 0 aliphatic rings. The zero-order valence-electron chi connectivity index (χ0n) is 12.2. The Kier molecular flexibility index (Phi) is 5.18. The number of alkyl halides is 3. The van der Waals surface area contributed by atoms with Crippen molar-refractivity contribution in [3.05, 3.63) is 40.7 Å². The first-order chi connectivity index (χ1) is 9.48. The van der Waals surface area contributed by atoms with Gasteiger partial charge in [0, 0.05) is 6.04 Å². The van der Waals surface area contributed by atoms with Gasteiger partial charge in [0.15, 0.2) is 5.69 Å². The van der Waals surface area contributed by atoms with Crippen LogP contribution in [0.3, 0.4) is 0 Å². The molecule has 0 heterocycles. The lowest BCUT2D eigenvalue weighted by molar-refractivity contribution is -0.137. The average Bonchev–Trinajstić information content (AvgIpc) is 2.35. The van der Waals surface area contributed by atoms with Gasteiger partial charge in [-0.2, -0.15) is 13.2 Å². The second-order valence-electron chi connectivity index (χ2n) is 5.57. The molecule has 0 aliphatic carbocycles. The first-order valence-electron chi connectivity index (χ1n) is 6.24. The van der Waals surface area contributed by atoms with Crippen LogP contribution >= 0.6 is 0 Å². The van der Waals surface area contributed by atoms with Gasteiger partial charge in [-0.25, -0.2) is 13.8 Å². The van der Waals surface area contributed by atoms with Gasteiger partial charge in [0.2, 0.25) is 0 Å². The first kappa shape index (κ1) is 17.7. The van der Waals surface area contributed by atoms with E-state index in [0.29, 0.717) is 0 Å². The minimum absolute atomic E-state index is 0.0754. The molecule has 0 fully saturated rings. The number of benzene rings is 1. The zero-order valence-corrected chi connectivity index (χ0v) is 13.0. The molecule has 0 aliphatic heterocycles. The molecular weight excluding hydrogens is 301 g/mol. The Labute approximate surface area is 125 Å². The third-order valence-electron chi connectivity index (χ3n) is 2.79. The van der Waals surface area contributed by atoms with Crippen molar-refractivity contribution in [2.75, 3.05) is 0 Å². The molecule has 2 atom stereocenters. The van der Waals surface area contributed by atoms with Gasteiger partial charge < -0.3 is 0 Å². The predicted molar refractivity (Wildman–Crippen MR) is 77.2 cm³/mol. The molecule has 0 radical (unpaired) electrons. The average molecular weight is 318 g/mol. The van der Waals surface area contributed by atoms with Gasteiger partial charge in [-0.15, -0.1) is 0 Å². The molecule has 0 bridgehead atoms. The van der Waals surface area contributed by atoms with Crippen LogP contribution in [0.15, 0.2) is 18.2 Å². The Bertz CT molecular complexity index is 585. The molecule has 0 saturated carbocycles. The lowest BCUT2D eigenvalue weighted by atomic mass is 10.00. The minimum Gasteiger partial charge on any atom is -0.242 e. The maximum Gasteiger partial charge on any atom is 0.407 e. The standard InChI is InChI=1S/C14H17F3N2OS/c1-9(19-21(20)13(2,3)4)10-7-6-8-11(18-5)12(10)14(15,16)17/h6-9,19H,1-4H3/t9?,21-/m1/s1.